The average Bonchev–Trinajstić information content (AvgIpc) is 3.22. The van der Waals surface area contributed by atoms with Gasteiger partial charge in [0.2, 0.25) is 5.91 Å². The van der Waals surface area contributed by atoms with E-state index >= 15 is 0 Å². The van der Waals surface area contributed by atoms with Crippen molar-refractivity contribution in [2.75, 3.05) is 6.61 Å². The van der Waals surface area contributed by atoms with Gasteiger partial charge in [0.1, 0.15) is 0 Å². The number of nitrogens with one attached hydrogen (secondary N) is 1. The van der Waals surface area contributed by atoms with Crippen LogP contribution in [-0.2, 0) is 4.79 Å². The Morgan fingerprint density at radius 2 is 0.789 bits per heavy atom. The van der Waals surface area contributed by atoms with E-state index in [0.717, 1.165) is 64.2 Å². The molecule has 0 aromatic carbocycles. The first kappa shape index (κ1) is 54.8. The summed E-state index contributed by atoms with van der Waals surface area (Å²) in [4.78, 5) is 12.4. The molecule has 0 saturated heterocycles. The highest BCUT2D eigenvalue weighted by Crippen LogP contribution is 2.16. The third-order valence-electron chi connectivity index (χ3n) is 10.9. The molecule has 57 heavy (non-hydrogen) atoms. The smallest absolute Gasteiger partial charge is 0.220 e. The Hall–Kier alpha value is -2.17. The molecule has 0 heterocycles. The minimum absolute atomic E-state index is 0.115. The molecule has 0 fully saturated rings. The van der Waals surface area contributed by atoms with Gasteiger partial charge >= 0.3 is 0 Å². The van der Waals surface area contributed by atoms with Gasteiger partial charge < -0.3 is 15.5 Å². The monoisotopic (exact) mass is 794 g/mol. The van der Waals surface area contributed by atoms with Crippen LogP contribution in [0.2, 0.25) is 0 Å². The Kier molecular flexibility index (Phi) is 46.4. The number of rotatable bonds is 44. The highest BCUT2D eigenvalue weighted by molar-refractivity contribution is 5.76. The lowest BCUT2D eigenvalue weighted by molar-refractivity contribution is -0.123. The lowest BCUT2D eigenvalue weighted by atomic mass is 10.0. The maximum atomic E-state index is 12.4. The molecule has 0 radical (unpaired) electrons. The van der Waals surface area contributed by atoms with Crippen molar-refractivity contribution in [3.05, 3.63) is 72.9 Å². The Balaban J connectivity index is 3.57. The van der Waals surface area contributed by atoms with E-state index in [1.54, 1.807) is 6.08 Å². The third-order valence-corrected chi connectivity index (χ3v) is 10.9. The van der Waals surface area contributed by atoms with Crippen LogP contribution < -0.4 is 5.32 Å². The molecule has 0 rings (SSSR count). The quantitative estimate of drug-likeness (QED) is 0.0425. The highest BCUT2D eigenvalue weighted by atomic mass is 16.3. The molecular formula is C53H95NO3. The van der Waals surface area contributed by atoms with Crippen molar-refractivity contribution in [1.29, 1.82) is 0 Å². The van der Waals surface area contributed by atoms with Crippen molar-refractivity contribution < 1.29 is 15.0 Å². The van der Waals surface area contributed by atoms with E-state index < -0.39 is 12.1 Å². The van der Waals surface area contributed by atoms with Gasteiger partial charge in [-0.3, -0.25) is 4.79 Å². The van der Waals surface area contributed by atoms with E-state index in [1.807, 2.05) is 6.08 Å². The van der Waals surface area contributed by atoms with Crippen molar-refractivity contribution in [1.82, 2.24) is 5.32 Å². The Bertz CT molecular complexity index is 992. The zero-order valence-electron chi connectivity index (χ0n) is 37.8. The first-order valence-electron chi connectivity index (χ1n) is 24.7. The van der Waals surface area contributed by atoms with Crippen LogP contribution in [0.3, 0.4) is 0 Å². The predicted octanol–water partition coefficient (Wildman–Crippen LogP) is 15.9. The van der Waals surface area contributed by atoms with Crippen LogP contribution in [0.1, 0.15) is 239 Å². The standard InChI is InChI=1S/C53H95NO3/c1-3-5-7-9-11-13-15-17-19-20-21-22-23-24-25-26-27-28-29-30-31-32-33-35-36-38-40-42-44-46-48-52(56)51(50-55)54-53(57)49-47-45-43-41-39-37-34-18-16-14-12-10-8-6-4-2/h6,8,12,14,18,34,38-41,46,48,51-52,55-56H,3-5,7,9-11,13,15-17,19-33,35-37,42-45,47,49-50H2,1-2H3,(H,54,57)/b8-6-,14-12-,34-18-,40-38+,41-39-,48-46+. The molecule has 0 aliphatic heterocycles. The molecule has 0 bridgehead atoms. The number of aliphatic hydroxyl groups excluding tert-OH is 2. The summed E-state index contributed by atoms with van der Waals surface area (Å²) in [5, 5.41) is 23.0. The number of aliphatic hydroxyl groups is 2. The topological polar surface area (TPSA) is 69.6 Å². The average molecular weight is 794 g/mol. The van der Waals surface area contributed by atoms with Gasteiger partial charge in [-0.15, -0.1) is 0 Å². The van der Waals surface area contributed by atoms with Crippen LogP contribution in [0.5, 0.6) is 0 Å². The molecular weight excluding hydrogens is 699 g/mol. The summed E-state index contributed by atoms with van der Waals surface area (Å²) in [6.45, 7) is 4.17. The second kappa shape index (κ2) is 48.2. The Morgan fingerprint density at radius 1 is 0.439 bits per heavy atom. The molecule has 1 amide bonds. The second-order valence-corrected chi connectivity index (χ2v) is 16.5. The number of unbranched alkanes of at least 4 members (excludes halogenated alkanes) is 27. The highest BCUT2D eigenvalue weighted by Gasteiger charge is 2.17. The number of hydrogen-bond donors (Lipinski definition) is 3. The zero-order chi connectivity index (χ0) is 41.4. The number of carbonyl (C=O) groups excluding carboxylic acids is 1. The first-order valence-corrected chi connectivity index (χ1v) is 24.7. The molecule has 0 saturated carbocycles. The Morgan fingerprint density at radius 3 is 1.23 bits per heavy atom. The van der Waals surface area contributed by atoms with Gasteiger partial charge in [-0.2, -0.15) is 0 Å². The molecule has 330 valence electrons. The fraction of sp³-hybridized carbons (Fsp3) is 0.755. The van der Waals surface area contributed by atoms with Crippen LogP contribution in [0.4, 0.5) is 0 Å². The van der Waals surface area contributed by atoms with Crippen LogP contribution in [0, 0.1) is 0 Å². The maximum absolute atomic E-state index is 12.4. The van der Waals surface area contributed by atoms with E-state index in [-0.39, 0.29) is 12.5 Å². The summed E-state index contributed by atoms with van der Waals surface area (Å²) in [6, 6.07) is -0.665. The van der Waals surface area contributed by atoms with Gasteiger partial charge in [-0.1, -0.05) is 234 Å². The summed E-state index contributed by atoms with van der Waals surface area (Å²) in [6.07, 6.45) is 69.1. The van der Waals surface area contributed by atoms with E-state index in [9.17, 15) is 15.0 Å². The molecule has 4 nitrogen and oxygen atoms in total. The largest absolute Gasteiger partial charge is 0.394 e. The number of amides is 1. The number of allylic oxidation sites excluding steroid dienone is 11. The molecule has 0 aromatic rings. The van der Waals surface area contributed by atoms with Crippen molar-refractivity contribution in [3.8, 4) is 0 Å². The lowest BCUT2D eigenvalue weighted by Crippen LogP contribution is -2.45. The van der Waals surface area contributed by atoms with Gasteiger partial charge in [-0.25, -0.2) is 0 Å². The van der Waals surface area contributed by atoms with Crippen molar-refractivity contribution in [2.45, 2.75) is 251 Å². The summed E-state index contributed by atoms with van der Waals surface area (Å²) in [5.41, 5.74) is 0. The van der Waals surface area contributed by atoms with Crippen LogP contribution in [0.15, 0.2) is 72.9 Å². The SMILES string of the molecule is CC/C=C\C/C=C\C/C=C\C/C=C\CCCCC(=O)NC(CO)C(O)/C=C/CC/C=C/CCCCCCCCCCCCCCCCCCCCCCCCCC. The summed E-state index contributed by atoms with van der Waals surface area (Å²) >= 11 is 0. The Labute approximate surface area is 355 Å². The minimum atomic E-state index is -0.883. The van der Waals surface area contributed by atoms with E-state index in [0.29, 0.717) is 6.42 Å². The normalized spacial score (nSPS) is 13.5. The first-order chi connectivity index (χ1) is 28.2. The number of hydrogen-bond acceptors (Lipinski definition) is 3. The van der Waals surface area contributed by atoms with Crippen LogP contribution in [0.25, 0.3) is 0 Å². The van der Waals surface area contributed by atoms with Gasteiger partial charge in [0, 0.05) is 6.42 Å². The van der Waals surface area contributed by atoms with Gasteiger partial charge in [-0.05, 0) is 70.6 Å². The fourth-order valence-electron chi connectivity index (χ4n) is 7.19. The van der Waals surface area contributed by atoms with Gasteiger partial charge in [0.05, 0.1) is 18.8 Å². The van der Waals surface area contributed by atoms with E-state index in [1.165, 1.54) is 154 Å². The van der Waals surface area contributed by atoms with Crippen LogP contribution in [-0.4, -0.2) is 34.9 Å². The van der Waals surface area contributed by atoms with Crippen molar-refractivity contribution >= 4 is 5.91 Å². The van der Waals surface area contributed by atoms with Crippen molar-refractivity contribution in [3.63, 3.8) is 0 Å². The number of carbonyl (C=O) groups is 1. The molecule has 0 spiro atoms. The second-order valence-electron chi connectivity index (χ2n) is 16.5. The molecule has 0 aliphatic rings. The molecule has 0 aliphatic carbocycles. The van der Waals surface area contributed by atoms with E-state index in [4.69, 9.17) is 0 Å². The summed E-state index contributed by atoms with van der Waals surface area (Å²) in [7, 11) is 0. The van der Waals surface area contributed by atoms with Crippen molar-refractivity contribution in [2.24, 2.45) is 0 Å². The summed E-state index contributed by atoms with van der Waals surface area (Å²) < 4.78 is 0. The predicted molar refractivity (Wildman–Crippen MR) is 253 cm³/mol. The zero-order valence-corrected chi connectivity index (χ0v) is 37.8. The molecule has 2 atom stereocenters. The molecule has 2 unspecified atom stereocenters. The molecule has 4 heteroatoms. The van der Waals surface area contributed by atoms with Gasteiger partial charge in [0.25, 0.3) is 0 Å². The maximum Gasteiger partial charge on any atom is 0.220 e. The van der Waals surface area contributed by atoms with E-state index in [2.05, 4.69) is 79.9 Å². The summed E-state index contributed by atoms with van der Waals surface area (Å²) in [5.74, 6) is -0.115. The minimum Gasteiger partial charge on any atom is -0.394 e. The fourth-order valence-corrected chi connectivity index (χ4v) is 7.19. The lowest BCUT2D eigenvalue weighted by Gasteiger charge is -2.19. The van der Waals surface area contributed by atoms with Gasteiger partial charge in [0.15, 0.2) is 0 Å². The molecule has 3 N–H and O–H groups in total. The molecule has 0 aromatic heterocycles. The van der Waals surface area contributed by atoms with Crippen LogP contribution >= 0.6 is 0 Å². The third kappa shape index (κ3) is 44.8.